The monoisotopic (exact) mass is 372 g/mol. The van der Waals surface area contributed by atoms with Gasteiger partial charge in [0.25, 0.3) is 0 Å². The molecule has 2 amide bonds. The number of nitrogens with one attached hydrogen (secondary N) is 1. The SMILES string of the molecule is CCOc1ccccc1NC(=O)[C@H]1CC(=O)N(Cc2ccccc2Cl)C1. The number of carbonyl (C=O) groups excluding carboxylic acids is 2. The summed E-state index contributed by atoms with van der Waals surface area (Å²) >= 11 is 6.17. The lowest BCUT2D eigenvalue weighted by molar-refractivity contribution is -0.128. The van der Waals surface area contributed by atoms with E-state index in [1.165, 1.54) is 0 Å². The zero-order valence-electron chi connectivity index (χ0n) is 14.6. The minimum Gasteiger partial charge on any atom is -0.492 e. The van der Waals surface area contributed by atoms with Crippen molar-refractivity contribution in [2.75, 3.05) is 18.5 Å². The van der Waals surface area contributed by atoms with E-state index in [4.69, 9.17) is 16.3 Å². The van der Waals surface area contributed by atoms with E-state index in [2.05, 4.69) is 5.32 Å². The molecule has 2 aromatic rings. The number of nitrogens with zero attached hydrogens (tertiary/aromatic N) is 1. The lowest BCUT2D eigenvalue weighted by Gasteiger charge is -2.18. The minimum absolute atomic E-state index is 0.0387. The van der Waals surface area contributed by atoms with Crippen LogP contribution >= 0.6 is 11.6 Å². The van der Waals surface area contributed by atoms with Gasteiger partial charge >= 0.3 is 0 Å². The molecule has 0 spiro atoms. The van der Waals surface area contributed by atoms with Crippen LogP contribution < -0.4 is 10.1 Å². The Bertz CT molecular complexity index is 809. The first-order valence-corrected chi connectivity index (χ1v) is 9.00. The molecule has 0 unspecified atom stereocenters. The van der Waals surface area contributed by atoms with Gasteiger partial charge in [-0.2, -0.15) is 0 Å². The molecule has 3 rings (SSSR count). The Morgan fingerprint density at radius 2 is 1.96 bits per heavy atom. The molecule has 5 nitrogen and oxygen atoms in total. The van der Waals surface area contributed by atoms with Gasteiger partial charge in [0.1, 0.15) is 5.75 Å². The van der Waals surface area contributed by atoms with Crippen LogP contribution in [0, 0.1) is 5.92 Å². The first-order chi connectivity index (χ1) is 12.6. The number of hydrogen-bond acceptors (Lipinski definition) is 3. The van der Waals surface area contributed by atoms with Crippen LogP contribution in [0.4, 0.5) is 5.69 Å². The maximum Gasteiger partial charge on any atom is 0.229 e. The van der Waals surface area contributed by atoms with Gasteiger partial charge in [0.05, 0.1) is 18.2 Å². The van der Waals surface area contributed by atoms with E-state index in [1.54, 1.807) is 17.0 Å². The van der Waals surface area contributed by atoms with Gasteiger partial charge in [-0.05, 0) is 30.7 Å². The van der Waals surface area contributed by atoms with Gasteiger partial charge in [-0.15, -0.1) is 0 Å². The zero-order chi connectivity index (χ0) is 18.5. The topological polar surface area (TPSA) is 58.6 Å². The number of ether oxygens (including phenoxy) is 1. The van der Waals surface area contributed by atoms with Crippen LogP contribution in [0.2, 0.25) is 5.02 Å². The van der Waals surface area contributed by atoms with E-state index in [9.17, 15) is 9.59 Å². The molecule has 1 atom stereocenters. The molecule has 0 saturated carbocycles. The van der Waals surface area contributed by atoms with Gasteiger partial charge in [-0.3, -0.25) is 9.59 Å². The lowest BCUT2D eigenvalue weighted by Crippen LogP contribution is -2.28. The van der Waals surface area contributed by atoms with E-state index in [0.29, 0.717) is 36.2 Å². The van der Waals surface area contributed by atoms with Crippen LogP contribution in [-0.4, -0.2) is 29.9 Å². The van der Waals surface area contributed by atoms with E-state index in [-0.39, 0.29) is 24.2 Å². The van der Waals surface area contributed by atoms with E-state index in [1.807, 2.05) is 43.3 Å². The van der Waals surface area contributed by atoms with Gasteiger partial charge in [0, 0.05) is 24.5 Å². The molecular weight excluding hydrogens is 352 g/mol. The van der Waals surface area contributed by atoms with Gasteiger partial charge in [0.2, 0.25) is 11.8 Å². The quantitative estimate of drug-likeness (QED) is 0.840. The van der Waals surface area contributed by atoms with E-state index in [0.717, 1.165) is 5.56 Å². The summed E-state index contributed by atoms with van der Waals surface area (Å²) in [6, 6.07) is 14.7. The number of halogens is 1. The molecular formula is C20H21ClN2O3. The number of amides is 2. The van der Waals surface area contributed by atoms with Crippen molar-refractivity contribution >= 4 is 29.1 Å². The highest BCUT2D eigenvalue weighted by Gasteiger charge is 2.34. The second kappa shape index (κ2) is 8.23. The number of anilines is 1. The summed E-state index contributed by atoms with van der Waals surface area (Å²) < 4.78 is 5.53. The smallest absolute Gasteiger partial charge is 0.229 e. The minimum atomic E-state index is -0.389. The lowest BCUT2D eigenvalue weighted by atomic mass is 10.1. The maximum absolute atomic E-state index is 12.6. The Hall–Kier alpha value is -2.53. The van der Waals surface area contributed by atoms with Crippen molar-refractivity contribution in [1.82, 2.24) is 4.90 Å². The molecule has 1 saturated heterocycles. The largest absolute Gasteiger partial charge is 0.492 e. The normalized spacial score (nSPS) is 16.6. The molecule has 0 aromatic heterocycles. The highest BCUT2D eigenvalue weighted by Crippen LogP contribution is 2.27. The van der Waals surface area contributed by atoms with Crippen molar-refractivity contribution in [3.05, 3.63) is 59.1 Å². The summed E-state index contributed by atoms with van der Waals surface area (Å²) in [6.45, 7) is 3.20. The average Bonchev–Trinajstić information content (AvgIpc) is 3.00. The summed E-state index contributed by atoms with van der Waals surface area (Å²) in [7, 11) is 0. The van der Waals surface area contributed by atoms with Crippen molar-refractivity contribution in [3.63, 3.8) is 0 Å². The van der Waals surface area contributed by atoms with Crippen molar-refractivity contribution in [2.45, 2.75) is 19.9 Å². The van der Waals surface area contributed by atoms with Crippen LogP contribution in [0.15, 0.2) is 48.5 Å². The van der Waals surface area contributed by atoms with Crippen LogP contribution in [0.3, 0.4) is 0 Å². The highest BCUT2D eigenvalue weighted by molar-refractivity contribution is 6.31. The molecule has 136 valence electrons. The Balaban J connectivity index is 1.65. The van der Waals surface area contributed by atoms with Crippen LogP contribution in [0.25, 0.3) is 0 Å². The number of benzene rings is 2. The first kappa shape index (κ1) is 18.3. The first-order valence-electron chi connectivity index (χ1n) is 8.62. The number of hydrogen-bond donors (Lipinski definition) is 1. The molecule has 0 bridgehead atoms. The van der Waals surface area contributed by atoms with Crippen LogP contribution in [0.5, 0.6) is 5.75 Å². The maximum atomic E-state index is 12.6. The van der Waals surface area contributed by atoms with Crippen molar-refractivity contribution in [3.8, 4) is 5.75 Å². The van der Waals surface area contributed by atoms with Crippen molar-refractivity contribution in [2.24, 2.45) is 5.92 Å². The molecule has 1 aliphatic heterocycles. The molecule has 6 heteroatoms. The third-order valence-electron chi connectivity index (χ3n) is 4.35. The fourth-order valence-electron chi connectivity index (χ4n) is 3.02. The van der Waals surface area contributed by atoms with Crippen LogP contribution in [0.1, 0.15) is 18.9 Å². The Morgan fingerprint density at radius 3 is 2.73 bits per heavy atom. The number of likely N-dealkylation sites (tertiary alicyclic amines) is 1. The van der Waals surface area contributed by atoms with Crippen LogP contribution in [-0.2, 0) is 16.1 Å². The molecule has 1 N–H and O–H groups in total. The highest BCUT2D eigenvalue weighted by atomic mass is 35.5. The zero-order valence-corrected chi connectivity index (χ0v) is 15.3. The summed E-state index contributed by atoms with van der Waals surface area (Å²) in [4.78, 5) is 26.6. The fourth-order valence-corrected chi connectivity index (χ4v) is 3.21. The molecule has 2 aromatic carbocycles. The number of para-hydroxylation sites is 2. The van der Waals surface area contributed by atoms with Crippen molar-refractivity contribution < 1.29 is 14.3 Å². The van der Waals surface area contributed by atoms with Gasteiger partial charge < -0.3 is 15.0 Å². The second-order valence-electron chi connectivity index (χ2n) is 6.19. The summed E-state index contributed by atoms with van der Waals surface area (Å²) in [5, 5.41) is 3.51. The Morgan fingerprint density at radius 1 is 1.23 bits per heavy atom. The third-order valence-corrected chi connectivity index (χ3v) is 4.72. The number of carbonyl (C=O) groups is 2. The molecule has 0 aliphatic carbocycles. The Labute approximate surface area is 157 Å². The number of rotatable bonds is 6. The average molecular weight is 373 g/mol. The Kier molecular flexibility index (Phi) is 5.78. The molecule has 0 radical (unpaired) electrons. The van der Waals surface area contributed by atoms with Gasteiger partial charge in [-0.1, -0.05) is 41.9 Å². The fraction of sp³-hybridized carbons (Fsp3) is 0.300. The standard InChI is InChI=1S/C20H21ClN2O3/c1-2-26-18-10-6-5-9-17(18)22-20(25)15-11-19(24)23(13-15)12-14-7-3-4-8-16(14)21/h3-10,15H,2,11-13H2,1H3,(H,22,25)/t15-/m0/s1. The van der Waals surface area contributed by atoms with Gasteiger partial charge in [0.15, 0.2) is 0 Å². The predicted molar refractivity (Wildman–Crippen MR) is 101 cm³/mol. The predicted octanol–water partition coefficient (Wildman–Crippen LogP) is 3.73. The van der Waals surface area contributed by atoms with Crippen molar-refractivity contribution in [1.29, 1.82) is 0 Å². The summed E-state index contributed by atoms with van der Waals surface area (Å²) in [5.74, 6) is 0.0237. The molecule has 1 heterocycles. The molecule has 1 aliphatic rings. The molecule has 26 heavy (non-hydrogen) atoms. The van der Waals surface area contributed by atoms with Gasteiger partial charge in [-0.25, -0.2) is 0 Å². The summed E-state index contributed by atoms with van der Waals surface area (Å²) in [6.07, 6.45) is 0.201. The van der Waals surface area contributed by atoms with E-state index < -0.39 is 0 Å². The second-order valence-corrected chi connectivity index (χ2v) is 6.59. The third kappa shape index (κ3) is 4.17. The molecule has 1 fully saturated rings. The summed E-state index contributed by atoms with van der Waals surface area (Å²) in [5.41, 5.74) is 1.50. The van der Waals surface area contributed by atoms with E-state index >= 15 is 0 Å².